The third kappa shape index (κ3) is 4.62. The number of aromatic amines is 1. The lowest BCUT2D eigenvalue weighted by atomic mass is 10.1. The van der Waals surface area contributed by atoms with E-state index in [1.54, 1.807) is 0 Å². The Balaban J connectivity index is 1.88. The largest absolute Gasteiger partial charge is 0.379 e. The molecule has 2 aromatic rings. The fourth-order valence-corrected chi connectivity index (χ4v) is 3.82. The number of hydrogen-bond donors (Lipinski definition) is 1. The average Bonchev–Trinajstić information content (AvgIpc) is 3.39. The van der Waals surface area contributed by atoms with E-state index < -0.39 is 41.5 Å². The van der Waals surface area contributed by atoms with Crippen LogP contribution in [0.25, 0.3) is 10.9 Å². The van der Waals surface area contributed by atoms with Gasteiger partial charge in [-0.25, -0.2) is 8.78 Å². The van der Waals surface area contributed by atoms with Crippen LogP contribution >= 0.6 is 0 Å². The van der Waals surface area contributed by atoms with Crippen LogP contribution in [0.2, 0.25) is 0 Å². The average molecular weight is 446 g/mol. The summed E-state index contributed by atoms with van der Waals surface area (Å²) in [6, 6.07) is 3.24. The Morgan fingerprint density at radius 1 is 1.41 bits per heavy atom. The molecule has 0 saturated carbocycles. The van der Waals surface area contributed by atoms with Gasteiger partial charge >= 0.3 is 0 Å². The number of likely N-dealkylation sites (tertiary alicyclic amines) is 1. The number of amides is 2. The number of carbonyl (C=O) groups excluding carboxylic acids is 3. The minimum Gasteiger partial charge on any atom is -0.379 e. The van der Waals surface area contributed by atoms with Crippen molar-refractivity contribution in [2.45, 2.75) is 31.8 Å². The summed E-state index contributed by atoms with van der Waals surface area (Å²) in [6.45, 7) is 2.23. The van der Waals surface area contributed by atoms with E-state index in [0.29, 0.717) is 19.3 Å². The minimum atomic E-state index is -1.07. The lowest BCUT2D eigenvalue weighted by Crippen LogP contribution is -2.52. The molecule has 1 N–H and O–H groups in total. The molecule has 1 aromatic heterocycles. The summed E-state index contributed by atoms with van der Waals surface area (Å²) in [4.78, 5) is 42.7. The summed E-state index contributed by atoms with van der Waals surface area (Å²) in [5.74, 6) is -3.19. The van der Waals surface area contributed by atoms with Gasteiger partial charge in [-0.2, -0.15) is 5.26 Å². The summed E-state index contributed by atoms with van der Waals surface area (Å²) in [7, 11) is 1.40. The molecular formula is C22H24F2N4O4. The van der Waals surface area contributed by atoms with E-state index in [1.165, 1.54) is 18.0 Å². The number of hydrogen-bond acceptors (Lipinski definition) is 5. The molecule has 1 fully saturated rings. The third-order valence-corrected chi connectivity index (χ3v) is 5.54. The number of likely N-dealkylation sites (N-methyl/N-ethyl adjacent to an activating group) is 1. The number of halogens is 2. The van der Waals surface area contributed by atoms with Gasteiger partial charge in [-0.1, -0.05) is 6.92 Å². The van der Waals surface area contributed by atoms with Gasteiger partial charge in [-0.3, -0.25) is 9.59 Å². The fraction of sp³-hybridized carbons (Fsp3) is 0.455. The zero-order chi connectivity index (χ0) is 23.4. The van der Waals surface area contributed by atoms with Gasteiger partial charge < -0.3 is 24.3 Å². The highest BCUT2D eigenvalue weighted by Crippen LogP contribution is 2.25. The monoisotopic (exact) mass is 446 g/mol. The number of carbonyl (C=O) groups is 3. The number of H-pyrrole nitrogens is 1. The molecule has 1 aromatic carbocycles. The zero-order valence-corrected chi connectivity index (χ0v) is 17.8. The maximum absolute atomic E-state index is 14.0. The molecule has 3 rings (SSSR count). The Kier molecular flexibility index (Phi) is 7.20. The number of rotatable bonds is 8. The molecule has 1 aliphatic heterocycles. The lowest BCUT2D eigenvalue weighted by Gasteiger charge is -2.31. The van der Waals surface area contributed by atoms with Crippen LogP contribution in [-0.2, 0) is 14.3 Å². The number of fused-ring (bicyclic) bond motifs is 1. The highest BCUT2D eigenvalue weighted by molar-refractivity contribution is 6.00. The summed E-state index contributed by atoms with van der Waals surface area (Å²) in [5.41, 5.74) is 0.0894. The first-order valence-corrected chi connectivity index (χ1v) is 10.3. The fourth-order valence-electron chi connectivity index (χ4n) is 3.82. The molecule has 32 heavy (non-hydrogen) atoms. The molecule has 0 aliphatic carbocycles. The Morgan fingerprint density at radius 2 is 2.16 bits per heavy atom. The minimum absolute atomic E-state index is 0.0238. The lowest BCUT2D eigenvalue weighted by molar-refractivity contribution is -0.138. The van der Waals surface area contributed by atoms with Crippen molar-refractivity contribution in [3.8, 4) is 6.07 Å². The topological polar surface area (TPSA) is 106 Å². The number of benzene rings is 1. The molecular weight excluding hydrogens is 422 g/mol. The van der Waals surface area contributed by atoms with Gasteiger partial charge in [0.15, 0.2) is 0 Å². The van der Waals surface area contributed by atoms with Crippen LogP contribution in [-0.4, -0.2) is 71.8 Å². The molecule has 8 nitrogen and oxygen atoms in total. The second-order valence-electron chi connectivity index (χ2n) is 7.81. The van der Waals surface area contributed by atoms with Crippen molar-refractivity contribution in [3.05, 3.63) is 35.5 Å². The van der Waals surface area contributed by atoms with Crippen LogP contribution in [0.15, 0.2) is 18.2 Å². The molecule has 0 spiro atoms. The Labute approximate surface area is 183 Å². The number of nitrogens with zero attached hydrogens (tertiary/aromatic N) is 3. The molecule has 0 bridgehead atoms. The van der Waals surface area contributed by atoms with Crippen LogP contribution in [0.1, 0.15) is 30.3 Å². The van der Waals surface area contributed by atoms with Gasteiger partial charge in [0.25, 0.3) is 5.91 Å². The van der Waals surface area contributed by atoms with Gasteiger partial charge in [0.2, 0.25) is 5.91 Å². The van der Waals surface area contributed by atoms with E-state index in [4.69, 9.17) is 4.74 Å². The Bertz CT molecular complexity index is 1060. The van der Waals surface area contributed by atoms with Crippen molar-refractivity contribution in [2.24, 2.45) is 5.92 Å². The van der Waals surface area contributed by atoms with Crippen LogP contribution in [0.5, 0.6) is 0 Å². The summed E-state index contributed by atoms with van der Waals surface area (Å²) in [6.07, 6.45) is 1.65. The highest BCUT2D eigenvalue weighted by atomic mass is 19.1. The Morgan fingerprint density at radius 3 is 2.81 bits per heavy atom. The SMILES string of the molecule is CCCOCC(C(=O)N1CC(C=O)CC1C#N)N(C)C(=O)c1cc2c(F)cc(F)cc2[nH]1. The molecule has 10 heteroatoms. The zero-order valence-electron chi connectivity index (χ0n) is 17.8. The van der Waals surface area contributed by atoms with Crippen molar-refractivity contribution in [1.82, 2.24) is 14.8 Å². The smallest absolute Gasteiger partial charge is 0.270 e. The second-order valence-corrected chi connectivity index (χ2v) is 7.81. The van der Waals surface area contributed by atoms with Gasteiger partial charge in [0.1, 0.15) is 35.7 Å². The van der Waals surface area contributed by atoms with E-state index in [2.05, 4.69) is 4.98 Å². The molecule has 1 aliphatic rings. The number of nitrogens with one attached hydrogen (secondary N) is 1. The molecule has 3 unspecified atom stereocenters. The van der Waals surface area contributed by atoms with Crippen LogP contribution in [0.4, 0.5) is 8.78 Å². The van der Waals surface area contributed by atoms with Crippen molar-refractivity contribution in [1.29, 1.82) is 5.26 Å². The van der Waals surface area contributed by atoms with Gasteiger partial charge in [-0.15, -0.1) is 0 Å². The summed E-state index contributed by atoms with van der Waals surface area (Å²) in [5, 5.41) is 9.45. The van der Waals surface area contributed by atoms with Crippen molar-refractivity contribution >= 4 is 29.0 Å². The van der Waals surface area contributed by atoms with Crippen molar-refractivity contribution < 1.29 is 27.9 Å². The summed E-state index contributed by atoms with van der Waals surface area (Å²) < 4.78 is 33.1. The molecule has 2 amide bonds. The molecule has 3 atom stereocenters. The van der Waals surface area contributed by atoms with Gasteiger partial charge in [0.05, 0.1) is 18.2 Å². The predicted molar refractivity (Wildman–Crippen MR) is 110 cm³/mol. The first-order valence-electron chi connectivity index (χ1n) is 10.3. The van der Waals surface area contributed by atoms with Crippen molar-refractivity contribution in [2.75, 3.05) is 26.8 Å². The van der Waals surface area contributed by atoms with E-state index >= 15 is 0 Å². The van der Waals surface area contributed by atoms with E-state index in [0.717, 1.165) is 17.0 Å². The second kappa shape index (κ2) is 9.87. The predicted octanol–water partition coefficient (Wildman–Crippen LogP) is 2.25. The van der Waals surface area contributed by atoms with E-state index in [1.807, 2.05) is 13.0 Å². The standard InChI is InChI=1S/C22H24F2N4O4/c1-3-4-32-12-20(22(31)28-10-13(11-29)5-15(28)9-25)27(2)21(30)19-8-16-17(24)6-14(23)7-18(16)26-19/h6-8,11,13,15,20,26H,3-5,10,12H2,1-2H3. The molecule has 2 heterocycles. The first-order chi connectivity index (χ1) is 15.3. The summed E-state index contributed by atoms with van der Waals surface area (Å²) >= 11 is 0. The number of aldehydes is 1. The molecule has 1 saturated heterocycles. The number of aromatic nitrogens is 1. The maximum atomic E-state index is 14.0. The van der Waals surface area contributed by atoms with E-state index in [-0.39, 0.29) is 36.2 Å². The molecule has 0 radical (unpaired) electrons. The van der Waals surface area contributed by atoms with Gasteiger partial charge in [-0.05, 0) is 25.0 Å². The van der Waals surface area contributed by atoms with Crippen LogP contribution < -0.4 is 0 Å². The number of ether oxygens (including phenoxy) is 1. The van der Waals surface area contributed by atoms with Crippen LogP contribution in [0.3, 0.4) is 0 Å². The first kappa shape index (κ1) is 23.3. The maximum Gasteiger partial charge on any atom is 0.270 e. The number of nitriles is 1. The third-order valence-electron chi connectivity index (χ3n) is 5.54. The molecule has 170 valence electrons. The van der Waals surface area contributed by atoms with Gasteiger partial charge in [0, 0.05) is 37.6 Å². The van der Waals surface area contributed by atoms with Crippen molar-refractivity contribution in [3.63, 3.8) is 0 Å². The Hall–Kier alpha value is -3.32. The highest BCUT2D eigenvalue weighted by Gasteiger charge is 2.40. The van der Waals surface area contributed by atoms with E-state index in [9.17, 15) is 28.4 Å². The quantitative estimate of drug-likeness (QED) is 0.495. The van der Waals surface area contributed by atoms with Crippen LogP contribution in [0, 0.1) is 28.9 Å². The normalized spacial score (nSPS) is 19.0.